The number of ether oxygens (including phenoxy) is 2. The topological polar surface area (TPSA) is 75.2 Å². The van der Waals surface area contributed by atoms with Crippen LogP contribution >= 0.6 is 11.8 Å². The molecular weight excluding hydrogens is 360 g/mol. The molecule has 7 heteroatoms. The van der Waals surface area contributed by atoms with Gasteiger partial charge in [0, 0.05) is 5.75 Å². The third kappa shape index (κ3) is 4.95. The van der Waals surface area contributed by atoms with E-state index in [4.69, 9.17) is 15.3 Å². The number of hydrogen-bond donors (Lipinski definition) is 1. The van der Waals surface area contributed by atoms with Crippen LogP contribution in [0.4, 0.5) is 0 Å². The number of nitrogens with zero attached hydrogens (tertiary/aromatic N) is 3. The lowest BCUT2D eigenvalue weighted by Crippen LogP contribution is -2.16. The smallest absolute Gasteiger partial charge is 0.210 e. The zero-order valence-corrected chi connectivity index (χ0v) is 16.6. The molecule has 27 heavy (non-hydrogen) atoms. The average molecular weight is 385 g/mol. The number of aryl methyl sites for hydroxylation is 3. The Kier molecular flexibility index (Phi) is 6.24. The molecule has 0 bridgehead atoms. The van der Waals surface area contributed by atoms with Gasteiger partial charge in [-0.1, -0.05) is 47.7 Å². The fourth-order valence-corrected chi connectivity index (χ4v) is 3.29. The zero-order valence-electron chi connectivity index (χ0n) is 15.8. The SMILES string of the molecule is Cc1ccc(OCCSc2nnc(COc3c(C)cccc3C)n2N)cc1. The molecule has 0 atom stereocenters. The van der Waals surface area contributed by atoms with Gasteiger partial charge in [0.25, 0.3) is 0 Å². The minimum Gasteiger partial charge on any atom is -0.493 e. The van der Waals surface area contributed by atoms with Gasteiger partial charge in [0.2, 0.25) is 5.16 Å². The second-order valence-corrected chi connectivity index (χ2v) is 7.35. The van der Waals surface area contributed by atoms with E-state index in [-0.39, 0.29) is 6.61 Å². The lowest BCUT2D eigenvalue weighted by atomic mass is 10.1. The molecular formula is C20H24N4O2S. The highest BCUT2D eigenvalue weighted by Gasteiger charge is 2.12. The Bertz CT molecular complexity index is 873. The van der Waals surface area contributed by atoms with E-state index in [2.05, 4.69) is 17.1 Å². The molecule has 0 aliphatic rings. The van der Waals surface area contributed by atoms with Crippen molar-refractivity contribution in [2.45, 2.75) is 32.5 Å². The number of rotatable bonds is 8. The van der Waals surface area contributed by atoms with E-state index in [0.29, 0.717) is 17.6 Å². The first kappa shape index (κ1) is 19.1. The van der Waals surface area contributed by atoms with Crippen LogP contribution in [0.15, 0.2) is 47.6 Å². The molecule has 142 valence electrons. The molecule has 0 saturated carbocycles. The molecule has 1 aromatic heterocycles. The lowest BCUT2D eigenvalue weighted by molar-refractivity contribution is 0.288. The molecule has 2 aromatic carbocycles. The third-order valence-corrected chi connectivity index (χ3v) is 5.00. The summed E-state index contributed by atoms with van der Waals surface area (Å²) in [6.07, 6.45) is 0. The van der Waals surface area contributed by atoms with Crippen molar-refractivity contribution in [3.8, 4) is 11.5 Å². The van der Waals surface area contributed by atoms with Crippen molar-refractivity contribution in [1.29, 1.82) is 0 Å². The highest BCUT2D eigenvalue weighted by atomic mass is 32.2. The lowest BCUT2D eigenvalue weighted by Gasteiger charge is -2.11. The van der Waals surface area contributed by atoms with Crippen LogP contribution in [0, 0.1) is 20.8 Å². The summed E-state index contributed by atoms with van der Waals surface area (Å²) < 4.78 is 13.1. The van der Waals surface area contributed by atoms with Crippen LogP contribution in [-0.2, 0) is 6.61 Å². The van der Waals surface area contributed by atoms with E-state index in [1.165, 1.54) is 22.0 Å². The van der Waals surface area contributed by atoms with Crippen molar-refractivity contribution in [3.05, 3.63) is 65.0 Å². The molecule has 0 aliphatic heterocycles. The van der Waals surface area contributed by atoms with E-state index < -0.39 is 0 Å². The summed E-state index contributed by atoms with van der Waals surface area (Å²) >= 11 is 1.50. The second kappa shape index (κ2) is 8.81. The van der Waals surface area contributed by atoms with Gasteiger partial charge in [-0.2, -0.15) is 0 Å². The first-order valence-corrected chi connectivity index (χ1v) is 9.74. The maximum atomic E-state index is 6.10. The van der Waals surface area contributed by atoms with Crippen molar-refractivity contribution >= 4 is 11.8 Å². The number of nitrogens with two attached hydrogens (primary N) is 1. The summed E-state index contributed by atoms with van der Waals surface area (Å²) in [5, 5.41) is 8.92. The average Bonchev–Trinajstić information content (AvgIpc) is 3.00. The molecule has 0 spiro atoms. The zero-order chi connectivity index (χ0) is 19.2. The molecule has 0 aliphatic carbocycles. The van der Waals surface area contributed by atoms with E-state index in [1.807, 2.05) is 56.3 Å². The first-order valence-electron chi connectivity index (χ1n) is 8.75. The fourth-order valence-electron chi connectivity index (χ4n) is 2.59. The normalized spacial score (nSPS) is 10.8. The predicted octanol–water partition coefficient (Wildman–Crippen LogP) is 3.67. The summed E-state index contributed by atoms with van der Waals surface area (Å²) in [4.78, 5) is 0. The molecule has 2 N–H and O–H groups in total. The van der Waals surface area contributed by atoms with Gasteiger partial charge in [0.1, 0.15) is 18.1 Å². The minimum atomic E-state index is 0.273. The summed E-state index contributed by atoms with van der Waals surface area (Å²) in [5.41, 5.74) is 3.38. The van der Waals surface area contributed by atoms with Gasteiger partial charge in [-0.3, -0.25) is 0 Å². The van der Waals surface area contributed by atoms with Gasteiger partial charge in [-0.25, -0.2) is 4.68 Å². The van der Waals surface area contributed by atoms with E-state index in [0.717, 1.165) is 28.4 Å². The van der Waals surface area contributed by atoms with Crippen LogP contribution < -0.4 is 15.3 Å². The number of para-hydroxylation sites is 1. The molecule has 0 fully saturated rings. The van der Waals surface area contributed by atoms with E-state index in [9.17, 15) is 0 Å². The number of nitrogen functional groups attached to an aromatic ring is 1. The summed E-state index contributed by atoms with van der Waals surface area (Å²) in [7, 11) is 0. The van der Waals surface area contributed by atoms with Gasteiger partial charge >= 0.3 is 0 Å². The van der Waals surface area contributed by atoms with Crippen LogP contribution in [0.25, 0.3) is 0 Å². The maximum Gasteiger partial charge on any atom is 0.210 e. The Morgan fingerprint density at radius 3 is 2.37 bits per heavy atom. The maximum absolute atomic E-state index is 6.10. The third-order valence-electron chi connectivity index (χ3n) is 4.09. The Labute approximate surface area is 163 Å². The number of aromatic nitrogens is 3. The Morgan fingerprint density at radius 2 is 1.67 bits per heavy atom. The standard InChI is InChI=1S/C20H24N4O2S/c1-14-7-9-17(10-8-14)25-11-12-27-20-23-22-18(24(20)21)13-26-19-15(2)5-4-6-16(19)3/h4-10H,11-13,21H2,1-3H3. The van der Waals surface area contributed by atoms with Crippen molar-refractivity contribution in [1.82, 2.24) is 14.9 Å². The van der Waals surface area contributed by atoms with E-state index in [1.54, 1.807) is 0 Å². The van der Waals surface area contributed by atoms with Crippen LogP contribution in [0.3, 0.4) is 0 Å². The quantitative estimate of drug-likeness (QED) is 0.363. The Balaban J connectivity index is 1.50. The highest BCUT2D eigenvalue weighted by molar-refractivity contribution is 7.99. The highest BCUT2D eigenvalue weighted by Crippen LogP contribution is 2.23. The summed E-state index contributed by atoms with van der Waals surface area (Å²) in [6.45, 7) is 6.93. The number of thioether (sulfide) groups is 1. The van der Waals surface area contributed by atoms with E-state index >= 15 is 0 Å². The van der Waals surface area contributed by atoms with Crippen LogP contribution in [0.5, 0.6) is 11.5 Å². The predicted molar refractivity (Wildman–Crippen MR) is 108 cm³/mol. The number of hydrogen-bond acceptors (Lipinski definition) is 6. The Morgan fingerprint density at radius 1 is 0.963 bits per heavy atom. The molecule has 0 unspecified atom stereocenters. The molecule has 0 radical (unpaired) electrons. The molecule has 0 amide bonds. The van der Waals surface area contributed by atoms with Gasteiger partial charge in [-0.05, 0) is 44.0 Å². The summed E-state index contributed by atoms with van der Waals surface area (Å²) in [6, 6.07) is 14.0. The van der Waals surface area contributed by atoms with Crippen LogP contribution in [0.2, 0.25) is 0 Å². The van der Waals surface area contributed by atoms with Gasteiger partial charge in [0.15, 0.2) is 5.82 Å². The second-order valence-electron chi connectivity index (χ2n) is 6.29. The van der Waals surface area contributed by atoms with Crippen LogP contribution in [-0.4, -0.2) is 27.2 Å². The van der Waals surface area contributed by atoms with Crippen molar-refractivity contribution in [3.63, 3.8) is 0 Å². The summed E-state index contributed by atoms with van der Waals surface area (Å²) in [5.74, 6) is 9.13. The molecule has 3 rings (SSSR count). The molecule has 3 aromatic rings. The largest absolute Gasteiger partial charge is 0.493 e. The monoisotopic (exact) mass is 384 g/mol. The van der Waals surface area contributed by atoms with Crippen molar-refractivity contribution < 1.29 is 9.47 Å². The van der Waals surface area contributed by atoms with Crippen molar-refractivity contribution in [2.75, 3.05) is 18.2 Å². The van der Waals surface area contributed by atoms with Crippen molar-refractivity contribution in [2.24, 2.45) is 0 Å². The van der Waals surface area contributed by atoms with Gasteiger partial charge in [-0.15, -0.1) is 10.2 Å². The number of benzene rings is 2. The molecule has 6 nitrogen and oxygen atoms in total. The molecule has 1 heterocycles. The first-order chi connectivity index (χ1) is 13.0. The Hall–Kier alpha value is -2.67. The van der Waals surface area contributed by atoms with Crippen LogP contribution in [0.1, 0.15) is 22.5 Å². The minimum absolute atomic E-state index is 0.273. The fraction of sp³-hybridized carbons (Fsp3) is 0.300. The van der Waals surface area contributed by atoms with Gasteiger partial charge in [0.05, 0.1) is 6.61 Å². The van der Waals surface area contributed by atoms with Gasteiger partial charge < -0.3 is 15.3 Å². The molecule has 0 saturated heterocycles.